The Kier molecular flexibility index (Phi) is 5.47. The van der Waals surface area contributed by atoms with Crippen LogP contribution in [0.25, 0.3) is 0 Å². The maximum absolute atomic E-state index is 11.2. The second-order valence-electron chi connectivity index (χ2n) is 6.42. The van der Waals surface area contributed by atoms with Crippen molar-refractivity contribution in [3.8, 4) is 0 Å². The normalized spacial score (nSPS) is 13.6. The van der Waals surface area contributed by atoms with Crippen LogP contribution < -0.4 is 4.90 Å². The van der Waals surface area contributed by atoms with E-state index in [4.69, 9.17) is 0 Å². The third kappa shape index (κ3) is 3.94. The average molecular weight is 324 g/mol. The van der Waals surface area contributed by atoms with E-state index in [1.54, 1.807) is 6.07 Å². The van der Waals surface area contributed by atoms with Crippen molar-refractivity contribution in [2.75, 3.05) is 18.0 Å². The molecule has 0 bridgehead atoms. The van der Waals surface area contributed by atoms with Gasteiger partial charge >= 0.3 is 0 Å². The fraction of sp³-hybridized carbons (Fsp3) is 0.400. The lowest BCUT2D eigenvalue weighted by Gasteiger charge is -2.31. The molecule has 1 aliphatic heterocycles. The summed E-state index contributed by atoms with van der Waals surface area (Å²) in [6.07, 6.45) is 6.46. The molecule has 2 aromatic rings. The number of fused-ring (bicyclic) bond motifs is 1. The summed E-state index contributed by atoms with van der Waals surface area (Å²) in [5.74, 6) is 0. The van der Waals surface area contributed by atoms with Gasteiger partial charge in [0.25, 0.3) is 5.69 Å². The molecule has 0 saturated carbocycles. The van der Waals surface area contributed by atoms with E-state index in [1.165, 1.54) is 18.4 Å². The summed E-state index contributed by atoms with van der Waals surface area (Å²) in [6, 6.07) is 16.1. The zero-order valence-corrected chi connectivity index (χ0v) is 14.0. The van der Waals surface area contributed by atoms with Gasteiger partial charge in [-0.1, -0.05) is 42.8 Å². The lowest BCUT2D eigenvalue weighted by atomic mass is 9.99. The van der Waals surface area contributed by atoms with E-state index < -0.39 is 0 Å². The molecule has 0 unspecified atom stereocenters. The number of nitro benzene ring substituents is 1. The van der Waals surface area contributed by atoms with Gasteiger partial charge in [0.1, 0.15) is 0 Å². The standard InChI is InChI=1S/C20H24N2O2/c23-22(24)20-14-7-13-19-18(20)12-8-16-21(19)15-6-2-5-11-17-9-3-1-4-10-17/h1,3-4,7,9-10,13-14H,2,5-6,8,11-12,15-16H2. The molecular formula is C20H24N2O2. The molecule has 4 heteroatoms. The van der Waals surface area contributed by atoms with Gasteiger partial charge in [-0.3, -0.25) is 10.1 Å². The number of anilines is 1. The topological polar surface area (TPSA) is 46.4 Å². The van der Waals surface area contributed by atoms with Crippen LogP contribution in [0, 0.1) is 10.1 Å². The number of hydrogen-bond donors (Lipinski definition) is 0. The monoisotopic (exact) mass is 324 g/mol. The van der Waals surface area contributed by atoms with Crippen LogP contribution in [0.1, 0.15) is 36.8 Å². The number of hydrogen-bond acceptors (Lipinski definition) is 3. The Morgan fingerprint density at radius 3 is 2.62 bits per heavy atom. The predicted molar refractivity (Wildman–Crippen MR) is 97.6 cm³/mol. The van der Waals surface area contributed by atoms with Crippen LogP contribution in [0.4, 0.5) is 11.4 Å². The Balaban J connectivity index is 1.52. The van der Waals surface area contributed by atoms with Crippen LogP contribution in [0.2, 0.25) is 0 Å². The van der Waals surface area contributed by atoms with Crippen LogP contribution in [-0.2, 0) is 12.8 Å². The molecule has 0 radical (unpaired) electrons. The summed E-state index contributed by atoms with van der Waals surface area (Å²) in [6.45, 7) is 2.00. The van der Waals surface area contributed by atoms with E-state index >= 15 is 0 Å². The minimum absolute atomic E-state index is 0.248. The summed E-state index contributed by atoms with van der Waals surface area (Å²) < 4.78 is 0. The quantitative estimate of drug-likeness (QED) is 0.419. The molecule has 0 aliphatic carbocycles. The zero-order valence-electron chi connectivity index (χ0n) is 14.0. The van der Waals surface area contributed by atoms with Gasteiger partial charge in [0, 0.05) is 24.8 Å². The van der Waals surface area contributed by atoms with Crippen molar-refractivity contribution in [2.45, 2.75) is 38.5 Å². The Hall–Kier alpha value is -2.36. The highest BCUT2D eigenvalue weighted by atomic mass is 16.6. The Morgan fingerprint density at radius 2 is 1.83 bits per heavy atom. The zero-order chi connectivity index (χ0) is 16.8. The van der Waals surface area contributed by atoms with Gasteiger partial charge in [0.15, 0.2) is 0 Å². The van der Waals surface area contributed by atoms with E-state index in [0.717, 1.165) is 50.0 Å². The number of aryl methyl sites for hydroxylation is 1. The van der Waals surface area contributed by atoms with Crippen molar-refractivity contribution in [1.29, 1.82) is 0 Å². The SMILES string of the molecule is O=[N+]([O-])c1cccc2c1CCCN2CCCCCc1ccccc1. The maximum Gasteiger partial charge on any atom is 0.274 e. The molecule has 1 aliphatic rings. The summed E-state index contributed by atoms with van der Waals surface area (Å²) in [5.41, 5.74) is 3.66. The predicted octanol–water partition coefficient (Wildman–Crippen LogP) is 4.76. The summed E-state index contributed by atoms with van der Waals surface area (Å²) in [7, 11) is 0. The van der Waals surface area contributed by atoms with Gasteiger partial charge in [-0.05, 0) is 43.7 Å². The summed E-state index contributed by atoms with van der Waals surface area (Å²) in [5, 5.41) is 11.2. The van der Waals surface area contributed by atoms with Crippen molar-refractivity contribution < 1.29 is 4.92 Å². The molecule has 3 rings (SSSR count). The highest BCUT2D eigenvalue weighted by Crippen LogP contribution is 2.34. The van der Waals surface area contributed by atoms with Crippen molar-refractivity contribution in [3.05, 3.63) is 69.8 Å². The van der Waals surface area contributed by atoms with Gasteiger partial charge in [-0.2, -0.15) is 0 Å². The molecule has 2 aromatic carbocycles. The van der Waals surface area contributed by atoms with Crippen LogP contribution in [0.3, 0.4) is 0 Å². The third-order valence-corrected chi connectivity index (χ3v) is 4.76. The van der Waals surface area contributed by atoms with Gasteiger partial charge in [0.2, 0.25) is 0 Å². The number of nitro groups is 1. The number of rotatable bonds is 7. The van der Waals surface area contributed by atoms with E-state index in [0.29, 0.717) is 0 Å². The van der Waals surface area contributed by atoms with E-state index in [-0.39, 0.29) is 10.6 Å². The van der Waals surface area contributed by atoms with Gasteiger partial charge in [-0.15, -0.1) is 0 Å². The first-order valence-electron chi connectivity index (χ1n) is 8.81. The lowest BCUT2D eigenvalue weighted by molar-refractivity contribution is -0.385. The molecule has 24 heavy (non-hydrogen) atoms. The van der Waals surface area contributed by atoms with Gasteiger partial charge < -0.3 is 4.90 Å². The third-order valence-electron chi connectivity index (χ3n) is 4.76. The maximum atomic E-state index is 11.2. The Morgan fingerprint density at radius 1 is 1.00 bits per heavy atom. The van der Waals surface area contributed by atoms with Crippen LogP contribution in [0.5, 0.6) is 0 Å². The highest BCUT2D eigenvalue weighted by Gasteiger charge is 2.23. The van der Waals surface area contributed by atoms with Crippen molar-refractivity contribution in [1.82, 2.24) is 0 Å². The first-order valence-corrected chi connectivity index (χ1v) is 8.81. The Bertz CT molecular complexity index is 685. The van der Waals surface area contributed by atoms with Crippen molar-refractivity contribution in [3.63, 3.8) is 0 Å². The van der Waals surface area contributed by atoms with Crippen molar-refractivity contribution in [2.24, 2.45) is 0 Å². The molecule has 0 N–H and O–H groups in total. The largest absolute Gasteiger partial charge is 0.371 e. The second kappa shape index (κ2) is 7.95. The fourth-order valence-corrected chi connectivity index (χ4v) is 3.54. The minimum atomic E-state index is -0.248. The Labute approximate surface area is 143 Å². The summed E-state index contributed by atoms with van der Waals surface area (Å²) in [4.78, 5) is 13.3. The van der Waals surface area contributed by atoms with E-state index in [9.17, 15) is 10.1 Å². The second-order valence-corrected chi connectivity index (χ2v) is 6.42. The molecule has 0 amide bonds. The number of unbranched alkanes of at least 4 members (excludes halogenated alkanes) is 2. The molecule has 0 atom stereocenters. The number of benzene rings is 2. The first-order chi connectivity index (χ1) is 11.8. The molecule has 126 valence electrons. The number of nitrogens with zero attached hydrogens (tertiary/aromatic N) is 2. The minimum Gasteiger partial charge on any atom is -0.371 e. The molecule has 4 nitrogen and oxygen atoms in total. The van der Waals surface area contributed by atoms with Crippen LogP contribution in [0.15, 0.2) is 48.5 Å². The fourth-order valence-electron chi connectivity index (χ4n) is 3.54. The van der Waals surface area contributed by atoms with E-state index in [2.05, 4.69) is 35.2 Å². The molecular weight excluding hydrogens is 300 g/mol. The van der Waals surface area contributed by atoms with Gasteiger partial charge in [-0.25, -0.2) is 0 Å². The molecule has 0 fully saturated rings. The lowest BCUT2D eigenvalue weighted by Crippen LogP contribution is -2.30. The molecule has 0 saturated heterocycles. The average Bonchev–Trinajstić information content (AvgIpc) is 2.62. The smallest absolute Gasteiger partial charge is 0.274 e. The van der Waals surface area contributed by atoms with Gasteiger partial charge in [0.05, 0.1) is 10.5 Å². The molecule has 0 spiro atoms. The van der Waals surface area contributed by atoms with Crippen molar-refractivity contribution >= 4 is 11.4 Å². The summed E-state index contributed by atoms with van der Waals surface area (Å²) >= 11 is 0. The molecule has 0 aromatic heterocycles. The van der Waals surface area contributed by atoms with E-state index in [1.807, 2.05) is 12.1 Å². The first kappa shape index (κ1) is 16.5. The van der Waals surface area contributed by atoms with Crippen LogP contribution in [-0.4, -0.2) is 18.0 Å². The highest BCUT2D eigenvalue weighted by molar-refractivity contribution is 5.63. The molecule has 1 heterocycles. The van der Waals surface area contributed by atoms with Crippen LogP contribution >= 0.6 is 0 Å².